The van der Waals surface area contributed by atoms with Crippen molar-refractivity contribution < 1.29 is 28.5 Å². The van der Waals surface area contributed by atoms with E-state index in [2.05, 4.69) is 5.32 Å². The number of methoxy groups -OCH3 is 2. The molecule has 1 amide bonds. The molecule has 0 aliphatic heterocycles. The van der Waals surface area contributed by atoms with E-state index >= 15 is 0 Å². The highest BCUT2D eigenvalue weighted by molar-refractivity contribution is 6.32. The number of hydrogen-bond donors (Lipinski definition) is 1. The van der Waals surface area contributed by atoms with Gasteiger partial charge in [-0.3, -0.25) is 9.59 Å². The Hall–Kier alpha value is -2.93. The SMILES string of the molecule is CCCOc1c(Cl)cc(C(=O)NC(CC(=O)OCC)c2cccc(OC)c2)cc1OC. The molecule has 0 fully saturated rings. The monoisotopic (exact) mass is 449 g/mol. The molecule has 1 atom stereocenters. The van der Waals surface area contributed by atoms with Crippen molar-refractivity contribution in [2.45, 2.75) is 32.7 Å². The number of carbonyl (C=O) groups excluding carboxylic acids is 2. The quantitative estimate of drug-likeness (QED) is 0.506. The van der Waals surface area contributed by atoms with E-state index in [1.807, 2.05) is 13.0 Å². The van der Waals surface area contributed by atoms with E-state index in [1.165, 1.54) is 13.2 Å². The van der Waals surface area contributed by atoms with Crippen molar-refractivity contribution in [3.63, 3.8) is 0 Å². The second-order valence-corrected chi connectivity index (χ2v) is 7.06. The fraction of sp³-hybridized carbons (Fsp3) is 0.391. The van der Waals surface area contributed by atoms with Gasteiger partial charge in [0.25, 0.3) is 5.91 Å². The molecular formula is C23H28ClNO6. The lowest BCUT2D eigenvalue weighted by Crippen LogP contribution is -2.30. The molecule has 7 nitrogen and oxygen atoms in total. The molecule has 31 heavy (non-hydrogen) atoms. The number of benzene rings is 2. The Morgan fingerprint density at radius 2 is 1.87 bits per heavy atom. The summed E-state index contributed by atoms with van der Waals surface area (Å²) in [4.78, 5) is 25.2. The Morgan fingerprint density at radius 1 is 1.10 bits per heavy atom. The molecule has 168 valence electrons. The van der Waals surface area contributed by atoms with Gasteiger partial charge in [-0.25, -0.2) is 0 Å². The minimum absolute atomic E-state index is 0.0324. The third kappa shape index (κ3) is 6.79. The van der Waals surface area contributed by atoms with Crippen molar-refractivity contribution in [3.8, 4) is 17.2 Å². The molecule has 0 aliphatic rings. The van der Waals surface area contributed by atoms with Gasteiger partial charge in [0.2, 0.25) is 0 Å². The number of ether oxygens (including phenoxy) is 4. The lowest BCUT2D eigenvalue weighted by Gasteiger charge is -2.20. The van der Waals surface area contributed by atoms with Crippen molar-refractivity contribution in [1.82, 2.24) is 5.32 Å². The fourth-order valence-electron chi connectivity index (χ4n) is 2.93. The molecule has 0 aromatic heterocycles. The van der Waals surface area contributed by atoms with Gasteiger partial charge in [0.05, 0.1) is 44.9 Å². The third-order valence-corrected chi connectivity index (χ3v) is 4.70. The minimum Gasteiger partial charge on any atom is -0.497 e. The van der Waals surface area contributed by atoms with Crippen molar-refractivity contribution in [2.75, 3.05) is 27.4 Å². The third-order valence-electron chi connectivity index (χ3n) is 4.42. The molecular weight excluding hydrogens is 422 g/mol. The van der Waals surface area contributed by atoms with Gasteiger partial charge in [0.15, 0.2) is 11.5 Å². The fourth-order valence-corrected chi connectivity index (χ4v) is 3.20. The van der Waals surface area contributed by atoms with Crippen LogP contribution in [0.15, 0.2) is 36.4 Å². The van der Waals surface area contributed by atoms with Crippen LogP contribution in [-0.2, 0) is 9.53 Å². The number of hydrogen-bond acceptors (Lipinski definition) is 6. The zero-order valence-electron chi connectivity index (χ0n) is 18.2. The first-order valence-corrected chi connectivity index (χ1v) is 10.4. The Kier molecular flexibility index (Phi) is 9.46. The minimum atomic E-state index is -0.623. The smallest absolute Gasteiger partial charge is 0.308 e. The van der Waals surface area contributed by atoms with Crippen molar-refractivity contribution in [1.29, 1.82) is 0 Å². The summed E-state index contributed by atoms with van der Waals surface area (Å²) in [5.41, 5.74) is 0.990. The van der Waals surface area contributed by atoms with Crippen LogP contribution >= 0.6 is 11.6 Å². The second-order valence-electron chi connectivity index (χ2n) is 6.65. The summed E-state index contributed by atoms with van der Waals surface area (Å²) < 4.78 is 21.3. The highest BCUT2D eigenvalue weighted by Gasteiger charge is 2.22. The molecule has 0 heterocycles. The van der Waals surface area contributed by atoms with Crippen LogP contribution in [-0.4, -0.2) is 39.3 Å². The van der Waals surface area contributed by atoms with E-state index < -0.39 is 17.9 Å². The van der Waals surface area contributed by atoms with Crippen LogP contribution in [0.1, 0.15) is 48.7 Å². The summed E-state index contributed by atoms with van der Waals surface area (Å²) >= 11 is 6.34. The first kappa shape index (κ1) is 24.3. The molecule has 2 aromatic rings. The van der Waals surface area contributed by atoms with Crippen LogP contribution in [0, 0.1) is 0 Å². The molecule has 1 unspecified atom stereocenters. The van der Waals surface area contributed by atoms with Crippen LogP contribution in [0.5, 0.6) is 17.2 Å². The van der Waals surface area contributed by atoms with E-state index in [0.29, 0.717) is 29.4 Å². The Balaban J connectivity index is 2.31. The van der Waals surface area contributed by atoms with Gasteiger partial charge >= 0.3 is 5.97 Å². The van der Waals surface area contributed by atoms with E-state index in [1.54, 1.807) is 38.3 Å². The van der Waals surface area contributed by atoms with Gasteiger partial charge in [-0.15, -0.1) is 0 Å². The van der Waals surface area contributed by atoms with Crippen LogP contribution in [0.3, 0.4) is 0 Å². The Bertz CT molecular complexity index is 902. The maximum Gasteiger partial charge on any atom is 0.308 e. The second kappa shape index (κ2) is 12.1. The van der Waals surface area contributed by atoms with Gasteiger partial charge in [0, 0.05) is 5.56 Å². The van der Waals surface area contributed by atoms with E-state index in [0.717, 1.165) is 6.42 Å². The van der Waals surface area contributed by atoms with Crippen molar-refractivity contribution in [3.05, 3.63) is 52.5 Å². The van der Waals surface area contributed by atoms with Crippen molar-refractivity contribution in [2.24, 2.45) is 0 Å². The highest BCUT2D eigenvalue weighted by atomic mass is 35.5. The zero-order valence-corrected chi connectivity index (χ0v) is 19.0. The molecule has 2 aromatic carbocycles. The predicted molar refractivity (Wildman–Crippen MR) is 118 cm³/mol. The lowest BCUT2D eigenvalue weighted by atomic mass is 10.0. The molecule has 2 rings (SSSR count). The molecule has 8 heteroatoms. The molecule has 0 radical (unpaired) electrons. The maximum atomic E-state index is 13.0. The molecule has 0 spiro atoms. The van der Waals surface area contributed by atoms with E-state index in [4.69, 9.17) is 30.5 Å². The topological polar surface area (TPSA) is 83.1 Å². The summed E-state index contributed by atoms with van der Waals surface area (Å²) in [6.07, 6.45) is 0.771. The number of nitrogens with one attached hydrogen (secondary N) is 1. The largest absolute Gasteiger partial charge is 0.497 e. The number of rotatable bonds is 11. The van der Waals surface area contributed by atoms with E-state index in [9.17, 15) is 9.59 Å². The normalized spacial score (nSPS) is 11.4. The van der Waals surface area contributed by atoms with E-state index in [-0.39, 0.29) is 23.6 Å². The lowest BCUT2D eigenvalue weighted by molar-refractivity contribution is -0.143. The summed E-state index contributed by atoms with van der Waals surface area (Å²) in [5, 5.41) is 3.15. The summed E-state index contributed by atoms with van der Waals surface area (Å²) in [7, 11) is 3.03. The van der Waals surface area contributed by atoms with Crippen LogP contribution in [0.25, 0.3) is 0 Å². The maximum absolute atomic E-state index is 13.0. The van der Waals surface area contributed by atoms with Gasteiger partial charge in [-0.05, 0) is 43.2 Å². The number of carbonyl (C=O) groups is 2. The molecule has 1 N–H and O–H groups in total. The first-order valence-electron chi connectivity index (χ1n) is 10.0. The number of esters is 1. The van der Waals surface area contributed by atoms with Crippen molar-refractivity contribution >= 4 is 23.5 Å². The van der Waals surface area contributed by atoms with Gasteiger partial charge in [0.1, 0.15) is 5.75 Å². The standard InChI is InChI=1S/C23H28ClNO6/c1-5-10-31-22-18(24)12-16(13-20(22)29-4)23(27)25-19(14-21(26)30-6-2)15-8-7-9-17(11-15)28-3/h7-9,11-13,19H,5-6,10,14H2,1-4H3,(H,25,27). The average molecular weight is 450 g/mol. The molecule has 0 saturated heterocycles. The average Bonchev–Trinajstić information content (AvgIpc) is 2.77. The molecule has 0 bridgehead atoms. The summed E-state index contributed by atoms with van der Waals surface area (Å²) in [6.45, 7) is 4.43. The molecule has 0 aliphatic carbocycles. The highest BCUT2D eigenvalue weighted by Crippen LogP contribution is 2.36. The van der Waals surface area contributed by atoms with Crippen LogP contribution < -0.4 is 19.5 Å². The Labute approximate surface area is 187 Å². The summed E-state index contributed by atoms with van der Waals surface area (Å²) in [5.74, 6) is 0.518. The van der Waals surface area contributed by atoms with Crippen LogP contribution in [0.4, 0.5) is 0 Å². The number of halogens is 1. The molecule has 0 saturated carbocycles. The van der Waals surface area contributed by atoms with Gasteiger partial charge in [-0.2, -0.15) is 0 Å². The first-order chi connectivity index (χ1) is 14.9. The predicted octanol–water partition coefficient (Wildman–Crippen LogP) is 4.57. The number of amides is 1. The van der Waals surface area contributed by atoms with Gasteiger partial charge in [-0.1, -0.05) is 30.7 Å². The van der Waals surface area contributed by atoms with Gasteiger partial charge < -0.3 is 24.3 Å². The van der Waals surface area contributed by atoms with Crippen LogP contribution in [0.2, 0.25) is 5.02 Å². The summed E-state index contributed by atoms with van der Waals surface area (Å²) in [6, 6.07) is 9.59. The zero-order chi connectivity index (χ0) is 22.8. The Morgan fingerprint density at radius 3 is 2.52 bits per heavy atom.